The van der Waals surface area contributed by atoms with Gasteiger partial charge in [-0.2, -0.15) is 0 Å². The number of para-hydroxylation sites is 2. The zero-order chi connectivity index (χ0) is 38.6. The Kier molecular flexibility index (Phi) is 7.26. The van der Waals surface area contributed by atoms with Crippen molar-refractivity contribution in [2.45, 2.75) is 27.7 Å². The van der Waals surface area contributed by atoms with Crippen LogP contribution in [0.1, 0.15) is 69.1 Å². The van der Waals surface area contributed by atoms with Gasteiger partial charge >= 0.3 is 0 Å². The number of amides is 4. The molecule has 12 rings (SSSR count). The van der Waals surface area contributed by atoms with E-state index in [4.69, 9.17) is 0 Å². The van der Waals surface area contributed by atoms with Crippen LogP contribution in [0, 0.1) is 0 Å². The second-order valence-electron chi connectivity index (χ2n) is 13.8. The Morgan fingerprint density at radius 2 is 0.482 bits per heavy atom. The van der Waals surface area contributed by atoms with Gasteiger partial charge in [-0.3, -0.25) is 19.2 Å². The molecule has 0 bridgehead atoms. The largest absolute Gasteiger partial charge is 0.268 e. The number of anilines is 2. The maximum atomic E-state index is 14.0. The van der Waals surface area contributed by atoms with E-state index in [9.17, 15) is 19.2 Å². The van der Waals surface area contributed by atoms with E-state index in [1.165, 1.54) is 9.80 Å². The number of carbonyl (C=O) groups excluding carboxylic acids is 4. The van der Waals surface area contributed by atoms with Crippen molar-refractivity contribution in [2.24, 2.45) is 0 Å². The van der Waals surface area contributed by atoms with Gasteiger partial charge in [-0.1, -0.05) is 113 Å². The van der Waals surface area contributed by atoms with Crippen LogP contribution in [0.4, 0.5) is 11.4 Å². The normalized spacial score (nSPS) is 13.8. The number of fused-ring (bicyclic) bond motifs is 4. The van der Waals surface area contributed by atoms with E-state index in [-0.39, 0.29) is 23.6 Å². The maximum Gasteiger partial charge on any atom is 0.265 e. The van der Waals surface area contributed by atoms with E-state index in [0.717, 1.165) is 64.6 Å². The molecule has 0 atom stereocenters. The molecule has 2 aliphatic rings. The van der Waals surface area contributed by atoms with Crippen LogP contribution in [0.2, 0.25) is 0 Å². The molecule has 0 unspecified atom stereocenters. The van der Waals surface area contributed by atoms with Crippen molar-refractivity contribution in [1.29, 1.82) is 0 Å². The van der Waals surface area contributed by atoms with Crippen LogP contribution >= 0.6 is 0 Å². The lowest BCUT2D eigenvalue weighted by molar-refractivity contribution is 0.0877. The van der Waals surface area contributed by atoms with Crippen LogP contribution in [0.25, 0.3) is 75.4 Å². The predicted octanol–water partition coefficient (Wildman–Crippen LogP) is 12.3. The molecule has 0 aromatic heterocycles. The average molecular weight is 727 g/mol. The first-order chi connectivity index (χ1) is 27.5. The highest BCUT2D eigenvalue weighted by molar-refractivity contribution is 6.47. The van der Waals surface area contributed by atoms with Crippen LogP contribution in [0.3, 0.4) is 0 Å². The molecule has 6 heteroatoms. The van der Waals surface area contributed by atoms with Crippen molar-refractivity contribution < 1.29 is 19.2 Å². The molecule has 10 aromatic carbocycles. The van der Waals surface area contributed by atoms with E-state index in [1.807, 2.05) is 113 Å². The van der Waals surface area contributed by atoms with Gasteiger partial charge in [-0.05, 0) is 113 Å². The zero-order valence-electron chi connectivity index (χ0n) is 31.2. The summed E-state index contributed by atoms with van der Waals surface area (Å²) in [5.41, 5.74) is 3.13. The number of nitrogens with zero attached hydrogens (tertiary/aromatic N) is 2. The fourth-order valence-corrected chi connectivity index (χ4v) is 9.28. The first-order valence-electron chi connectivity index (χ1n) is 19.2. The summed E-state index contributed by atoms with van der Waals surface area (Å²) >= 11 is 0. The number of imide groups is 2. The van der Waals surface area contributed by atoms with E-state index in [0.29, 0.717) is 44.4 Å². The second kappa shape index (κ2) is 12.2. The molecule has 10 aromatic rings. The summed E-state index contributed by atoms with van der Waals surface area (Å²) in [4.78, 5) is 58.5. The van der Waals surface area contributed by atoms with Gasteiger partial charge in [0.05, 0.1) is 11.4 Å². The Labute approximate surface area is 321 Å². The molecule has 56 heavy (non-hydrogen) atoms. The van der Waals surface area contributed by atoms with E-state index >= 15 is 0 Å². The summed E-state index contributed by atoms with van der Waals surface area (Å²) in [5, 5.41) is 13.5. The summed E-state index contributed by atoms with van der Waals surface area (Å²) in [6.07, 6.45) is 0. The van der Waals surface area contributed by atoms with Gasteiger partial charge in [-0.15, -0.1) is 0 Å². The van der Waals surface area contributed by atoms with Crippen molar-refractivity contribution in [3.63, 3.8) is 0 Å². The number of benzene rings is 10. The van der Waals surface area contributed by atoms with Crippen LogP contribution in [0.15, 0.2) is 133 Å². The van der Waals surface area contributed by atoms with E-state index < -0.39 is 0 Å². The van der Waals surface area contributed by atoms with E-state index in [2.05, 4.69) is 24.3 Å². The molecule has 0 saturated heterocycles. The third-order valence-corrected chi connectivity index (χ3v) is 11.4. The van der Waals surface area contributed by atoms with Gasteiger partial charge in [0.1, 0.15) is 0 Å². The van der Waals surface area contributed by atoms with Crippen LogP contribution in [-0.4, -0.2) is 23.6 Å². The fraction of sp³-hybridized carbons (Fsp3) is 0.0800. The molecule has 0 N–H and O–H groups in total. The smallest absolute Gasteiger partial charge is 0.265 e. The third kappa shape index (κ3) is 4.10. The monoisotopic (exact) mass is 726 g/mol. The first kappa shape index (κ1) is 33.4. The highest BCUT2D eigenvalue weighted by Crippen LogP contribution is 2.50. The Balaban J connectivity index is 0.000000933. The molecule has 2 aliphatic heterocycles. The number of carbonyl (C=O) groups is 4. The molecule has 0 spiro atoms. The lowest BCUT2D eigenvalue weighted by atomic mass is 9.81. The number of rotatable bonds is 2. The van der Waals surface area contributed by atoms with Gasteiger partial charge in [0.2, 0.25) is 0 Å². The van der Waals surface area contributed by atoms with Crippen LogP contribution in [-0.2, 0) is 0 Å². The summed E-state index contributed by atoms with van der Waals surface area (Å²) < 4.78 is 0. The van der Waals surface area contributed by atoms with Gasteiger partial charge < -0.3 is 0 Å². The minimum absolute atomic E-state index is 0.330. The highest BCUT2D eigenvalue weighted by Gasteiger charge is 2.37. The Bertz CT molecular complexity index is 2920. The van der Waals surface area contributed by atoms with Gasteiger partial charge in [0.25, 0.3) is 23.6 Å². The van der Waals surface area contributed by atoms with Crippen molar-refractivity contribution in [3.05, 3.63) is 156 Å². The fourth-order valence-electron chi connectivity index (χ4n) is 9.28. The summed E-state index contributed by atoms with van der Waals surface area (Å²) in [6.45, 7) is 8.00. The van der Waals surface area contributed by atoms with Crippen molar-refractivity contribution in [2.75, 3.05) is 9.80 Å². The quantitative estimate of drug-likeness (QED) is 0.101. The lowest BCUT2D eigenvalue weighted by Crippen LogP contribution is -2.40. The van der Waals surface area contributed by atoms with Crippen LogP contribution in [0.5, 0.6) is 0 Å². The summed E-state index contributed by atoms with van der Waals surface area (Å²) in [7, 11) is 0. The maximum absolute atomic E-state index is 14.0. The summed E-state index contributed by atoms with van der Waals surface area (Å²) in [5.74, 6) is -1.32. The predicted molar refractivity (Wildman–Crippen MR) is 229 cm³/mol. The molecule has 0 radical (unpaired) electrons. The summed E-state index contributed by atoms with van der Waals surface area (Å²) in [6, 6.07) is 42.2. The Morgan fingerprint density at radius 3 is 0.732 bits per heavy atom. The molecule has 268 valence electrons. The third-order valence-electron chi connectivity index (χ3n) is 11.4. The standard InChI is InChI=1S/C46H22N2O4.2C2H6/c49-43-33-19-15-29-25-11-13-27-31-17-21-35-42-36(46(52)48(45(35)51)24-9-5-2-6-10-24)22-18-32(40(31)42)28-14-12-26(37(25)38(27)28)30-16-20-34(41(33)39(29)30)44(50)47(43)23-7-3-1-4-8-23;2*1-2/h1-22H;2*1-2H3. The lowest BCUT2D eigenvalue weighted by Gasteiger charge is -2.29. The average Bonchev–Trinajstić information content (AvgIpc) is 3.26. The molecule has 6 nitrogen and oxygen atoms in total. The SMILES string of the molecule is CC.CC.O=C1c2ccc3c4ccc5c6ccc7c8c(ccc(c9ccc(c%10ccc(c2c3%10)C(=O)N1c1ccccc1)c4c59)c86)C(=O)N(c1ccccc1)C7=O. The Hall–Kier alpha value is -7.18. The zero-order valence-corrected chi connectivity index (χ0v) is 31.2. The van der Waals surface area contributed by atoms with Crippen molar-refractivity contribution in [3.8, 4) is 0 Å². The number of hydrogen-bond acceptors (Lipinski definition) is 4. The van der Waals surface area contributed by atoms with E-state index in [1.54, 1.807) is 24.3 Å². The van der Waals surface area contributed by atoms with Crippen molar-refractivity contribution >= 4 is 110 Å². The Morgan fingerprint density at radius 1 is 0.268 bits per heavy atom. The topological polar surface area (TPSA) is 74.8 Å². The molecular weight excluding hydrogens is 693 g/mol. The van der Waals surface area contributed by atoms with Crippen molar-refractivity contribution in [1.82, 2.24) is 0 Å². The molecule has 0 saturated carbocycles. The molecule has 0 aliphatic carbocycles. The van der Waals surface area contributed by atoms with Gasteiger partial charge in [0, 0.05) is 33.0 Å². The highest BCUT2D eigenvalue weighted by atomic mass is 16.2. The molecule has 0 fully saturated rings. The second-order valence-corrected chi connectivity index (χ2v) is 13.8. The number of hydrogen-bond donors (Lipinski definition) is 0. The first-order valence-corrected chi connectivity index (χ1v) is 19.2. The molecule has 2 heterocycles. The minimum Gasteiger partial charge on any atom is -0.268 e. The molecule has 4 amide bonds. The van der Waals surface area contributed by atoms with Gasteiger partial charge in [-0.25, -0.2) is 9.80 Å². The minimum atomic E-state index is -0.330. The molecular formula is C50H34N2O4. The van der Waals surface area contributed by atoms with Crippen LogP contribution < -0.4 is 9.80 Å². The van der Waals surface area contributed by atoms with Gasteiger partial charge in [0.15, 0.2) is 0 Å².